The number of hydrogen-bond donors (Lipinski definition) is 1. The molecule has 0 aliphatic heterocycles. The summed E-state index contributed by atoms with van der Waals surface area (Å²) in [6.07, 6.45) is 1.85. The summed E-state index contributed by atoms with van der Waals surface area (Å²) in [5, 5.41) is 9.29. The molecule has 0 aliphatic rings. The molecule has 0 bridgehead atoms. The second-order valence-electron chi connectivity index (χ2n) is 2.30. The van der Waals surface area contributed by atoms with E-state index in [1.165, 1.54) is 11.8 Å². The lowest BCUT2D eigenvalue weighted by Crippen LogP contribution is -1.98. The Labute approximate surface area is 95.0 Å². The van der Waals surface area contributed by atoms with Gasteiger partial charge in [0.05, 0.1) is 10.8 Å². The van der Waals surface area contributed by atoms with Gasteiger partial charge in [0, 0.05) is 0 Å². The predicted octanol–water partition coefficient (Wildman–Crippen LogP) is 3.22. The van der Waals surface area contributed by atoms with Crippen LogP contribution >= 0.6 is 34.7 Å². The maximum absolute atomic E-state index is 10.8. The highest BCUT2D eigenvalue weighted by atomic mass is 35.5. The number of carboxylic acids is 1. The molecule has 1 aromatic rings. The third-order valence-electron chi connectivity index (χ3n) is 1.45. The van der Waals surface area contributed by atoms with Crippen LogP contribution in [0.1, 0.15) is 16.6 Å². The van der Waals surface area contributed by atoms with Gasteiger partial charge in [-0.1, -0.05) is 11.6 Å². The van der Waals surface area contributed by atoms with E-state index in [-0.39, 0.29) is 10.6 Å². The molecule has 0 saturated heterocycles. The number of hydrogen-bond acceptors (Lipinski definition) is 4. The number of carboxylic acid groups (broad SMARTS) is 1. The van der Waals surface area contributed by atoms with E-state index in [4.69, 9.17) is 21.4 Å². The number of rotatable bonds is 4. The standard InChI is InChI=1S/C8H9ClO3S2/c1-3-12-5-4(9)8(13-2)14-6(5)7(10)11/h3H2,1-2H3,(H,10,11). The Morgan fingerprint density at radius 3 is 2.79 bits per heavy atom. The lowest BCUT2D eigenvalue weighted by Gasteiger charge is -2.01. The van der Waals surface area contributed by atoms with Crippen molar-refractivity contribution in [2.75, 3.05) is 12.9 Å². The normalized spacial score (nSPS) is 10.2. The molecule has 6 heteroatoms. The van der Waals surface area contributed by atoms with Crippen LogP contribution in [0, 0.1) is 0 Å². The van der Waals surface area contributed by atoms with Gasteiger partial charge >= 0.3 is 5.97 Å². The van der Waals surface area contributed by atoms with Gasteiger partial charge in [-0.25, -0.2) is 4.79 Å². The van der Waals surface area contributed by atoms with E-state index in [2.05, 4.69) is 0 Å². The van der Waals surface area contributed by atoms with Crippen LogP contribution in [0.4, 0.5) is 0 Å². The molecule has 0 amide bonds. The topological polar surface area (TPSA) is 46.5 Å². The molecule has 3 nitrogen and oxygen atoms in total. The molecule has 0 radical (unpaired) electrons. The number of thiophene rings is 1. The Bertz CT molecular complexity index is 349. The zero-order chi connectivity index (χ0) is 10.7. The minimum Gasteiger partial charge on any atom is -0.490 e. The van der Waals surface area contributed by atoms with Gasteiger partial charge in [0.1, 0.15) is 5.02 Å². The SMILES string of the molecule is CCOc1c(C(=O)O)sc(SC)c1Cl. The van der Waals surface area contributed by atoms with Crippen molar-refractivity contribution >= 4 is 40.7 Å². The van der Waals surface area contributed by atoms with E-state index < -0.39 is 5.97 Å². The molecule has 0 saturated carbocycles. The molecule has 14 heavy (non-hydrogen) atoms. The van der Waals surface area contributed by atoms with Crippen LogP contribution in [0.25, 0.3) is 0 Å². The summed E-state index contributed by atoms with van der Waals surface area (Å²) in [5.74, 6) is -0.711. The fourth-order valence-corrected chi connectivity index (χ4v) is 3.04. The molecule has 0 aromatic carbocycles. The molecule has 0 spiro atoms. The van der Waals surface area contributed by atoms with Crippen LogP contribution in [0.5, 0.6) is 5.75 Å². The number of halogens is 1. The van der Waals surface area contributed by atoms with Crippen LogP contribution in [0.3, 0.4) is 0 Å². The van der Waals surface area contributed by atoms with Crippen LogP contribution in [-0.2, 0) is 0 Å². The summed E-state index contributed by atoms with van der Waals surface area (Å²) in [6, 6.07) is 0. The first-order valence-electron chi connectivity index (χ1n) is 3.84. The van der Waals surface area contributed by atoms with Crippen molar-refractivity contribution in [2.45, 2.75) is 11.1 Å². The number of carbonyl (C=O) groups is 1. The fourth-order valence-electron chi connectivity index (χ4n) is 0.922. The molecule has 0 atom stereocenters. The summed E-state index contributed by atoms with van der Waals surface area (Å²) in [7, 11) is 0. The highest BCUT2D eigenvalue weighted by Gasteiger charge is 2.22. The van der Waals surface area contributed by atoms with E-state index in [0.717, 1.165) is 15.5 Å². The van der Waals surface area contributed by atoms with E-state index in [1.54, 1.807) is 6.92 Å². The smallest absolute Gasteiger partial charge is 0.349 e. The third-order valence-corrected chi connectivity index (χ3v) is 4.31. The minimum absolute atomic E-state index is 0.168. The molecule has 0 unspecified atom stereocenters. The van der Waals surface area contributed by atoms with Gasteiger partial charge in [-0.2, -0.15) is 0 Å². The number of ether oxygens (including phenoxy) is 1. The van der Waals surface area contributed by atoms with Gasteiger partial charge < -0.3 is 9.84 Å². The van der Waals surface area contributed by atoms with Crippen molar-refractivity contribution in [3.63, 3.8) is 0 Å². The van der Waals surface area contributed by atoms with Crippen LogP contribution in [0.15, 0.2) is 4.21 Å². The molecule has 0 fully saturated rings. The fraction of sp³-hybridized carbons (Fsp3) is 0.375. The molecule has 1 aromatic heterocycles. The van der Waals surface area contributed by atoms with Crippen molar-refractivity contribution in [3.05, 3.63) is 9.90 Å². The highest BCUT2D eigenvalue weighted by Crippen LogP contribution is 2.44. The molecule has 78 valence electrons. The average Bonchev–Trinajstić information content (AvgIpc) is 2.45. The molecular formula is C8H9ClO3S2. The number of thioether (sulfide) groups is 1. The largest absolute Gasteiger partial charge is 0.490 e. The van der Waals surface area contributed by atoms with Gasteiger partial charge in [-0.05, 0) is 13.2 Å². The second-order valence-corrected chi connectivity index (χ2v) is 4.78. The average molecular weight is 253 g/mol. The van der Waals surface area contributed by atoms with E-state index in [1.807, 2.05) is 6.26 Å². The maximum Gasteiger partial charge on any atom is 0.349 e. The van der Waals surface area contributed by atoms with Crippen LogP contribution in [0.2, 0.25) is 5.02 Å². The van der Waals surface area contributed by atoms with Crippen LogP contribution < -0.4 is 4.74 Å². The monoisotopic (exact) mass is 252 g/mol. The van der Waals surface area contributed by atoms with Crippen molar-refractivity contribution in [1.29, 1.82) is 0 Å². The van der Waals surface area contributed by atoms with Gasteiger partial charge in [-0.15, -0.1) is 23.1 Å². The molecule has 1 rings (SSSR count). The zero-order valence-electron chi connectivity index (χ0n) is 7.67. The van der Waals surface area contributed by atoms with Crippen molar-refractivity contribution in [2.24, 2.45) is 0 Å². The third kappa shape index (κ3) is 2.16. The lowest BCUT2D eigenvalue weighted by molar-refractivity contribution is 0.0698. The molecule has 1 N–H and O–H groups in total. The van der Waals surface area contributed by atoms with Gasteiger partial charge in [-0.3, -0.25) is 0 Å². The Kier molecular flexibility index (Phi) is 4.10. The highest BCUT2D eigenvalue weighted by molar-refractivity contribution is 8.00. The number of aromatic carboxylic acids is 1. The van der Waals surface area contributed by atoms with E-state index in [0.29, 0.717) is 11.6 Å². The molecular weight excluding hydrogens is 244 g/mol. The van der Waals surface area contributed by atoms with Gasteiger partial charge in [0.2, 0.25) is 0 Å². The minimum atomic E-state index is -0.999. The predicted molar refractivity (Wildman–Crippen MR) is 59.2 cm³/mol. The molecule has 1 heterocycles. The summed E-state index contributed by atoms with van der Waals surface area (Å²) >= 11 is 8.51. The van der Waals surface area contributed by atoms with E-state index >= 15 is 0 Å². The maximum atomic E-state index is 10.8. The second kappa shape index (κ2) is 4.91. The van der Waals surface area contributed by atoms with Gasteiger partial charge in [0.15, 0.2) is 10.6 Å². The van der Waals surface area contributed by atoms with Crippen molar-refractivity contribution < 1.29 is 14.6 Å². The summed E-state index contributed by atoms with van der Waals surface area (Å²) in [5.41, 5.74) is 0. The van der Waals surface area contributed by atoms with Crippen LogP contribution in [-0.4, -0.2) is 23.9 Å². The Hall–Kier alpha value is -0.390. The Morgan fingerprint density at radius 1 is 1.71 bits per heavy atom. The van der Waals surface area contributed by atoms with Gasteiger partial charge in [0.25, 0.3) is 0 Å². The first-order chi connectivity index (χ1) is 6.61. The summed E-state index contributed by atoms with van der Waals surface area (Å²) in [6.45, 7) is 2.20. The van der Waals surface area contributed by atoms with Crippen molar-refractivity contribution in [3.8, 4) is 5.75 Å². The summed E-state index contributed by atoms with van der Waals surface area (Å²) < 4.78 is 5.97. The lowest BCUT2D eigenvalue weighted by atomic mass is 10.4. The van der Waals surface area contributed by atoms with E-state index in [9.17, 15) is 4.79 Å². The Morgan fingerprint density at radius 2 is 2.36 bits per heavy atom. The Balaban J connectivity index is 3.20. The van der Waals surface area contributed by atoms with Crippen molar-refractivity contribution in [1.82, 2.24) is 0 Å². The first kappa shape index (κ1) is 11.7. The quantitative estimate of drug-likeness (QED) is 0.836. The first-order valence-corrected chi connectivity index (χ1v) is 6.26. The molecule has 0 aliphatic carbocycles. The summed E-state index contributed by atoms with van der Waals surface area (Å²) in [4.78, 5) is 11.0. The zero-order valence-corrected chi connectivity index (χ0v) is 10.1.